The molecule has 5 heteroatoms. The van der Waals surface area contributed by atoms with E-state index in [1.165, 1.54) is 19.3 Å². The van der Waals surface area contributed by atoms with Crippen LogP contribution in [0.5, 0.6) is 11.5 Å². The van der Waals surface area contributed by atoms with Crippen LogP contribution in [0.15, 0.2) is 12.1 Å². The third kappa shape index (κ3) is 4.50. The molecule has 1 atom stereocenters. The van der Waals surface area contributed by atoms with E-state index in [2.05, 4.69) is 20.8 Å². The third-order valence-corrected chi connectivity index (χ3v) is 5.41. The Labute approximate surface area is 156 Å². The van der Waals surface area contributed by atoms with Gasteiger partial charge in [-0.05, 0) is 43.4 Å². The quantitative estimate of drug-likeness (QED) is 0.370. The number of hydrogen-bond acceptors (Lipinski definition) is 4. The van der Waals surface area contributed by atoms with Crippen molar-refractivity contribution in [3.63, 3.8) is 0 Å². The maximum Gasteiger partial charge on any atom is 0.251 e. The summed E-state index contributed by atoms with van der Waals surface area (Å²) in [4.78, 5) is 12.1. The van der Waals surface area contributed by atoms with E-state index in [1.807, 2.05) is 19.9 Å². The van der Waals surface area contributed by atoms with Gasteiger partial charge < -0.3 is 9.84 Å². The molecule has 1 aliphatic rings. The number of phenolic OH excluding ortho intramolecular Hbond substituents is 1. The molecule has 5 nitrogen and oxygen atoms in total. The Balaban J connectivity index is 2.36. The average Bonchev–Trinajstić information content (AvgIpc) is 2.56. The van der Waals surface area contributed by atoms with Crippen molar-refractivity contribution in [3.8, 4) is 11.5 Å². The van der Waals surface area contributed by atoms with Crippen LogP contribution >= 0.6 is 0 Å². The summed E-state index contributed by atoms with van der Waals surface area (Å²) in [6, 6.07) is 3.70. The van der Waals surface area contributed by atoms with Crippen molar-refractivity contribution in [2.45, 2.75) is 90.1 Å². The number of unbranched alkanes of at least 4 members (excludes halogenated alkanes) is 3. The van der Waals surface area contributed by atoms with E-state index in [9.17, 15) is 9.90 Å². The number of hydroxylamine groups is 1. The number of ether oxygens (including phenoxy) is 1. The first-order chi connectivity index (χ1) is 12.1. The predicted molar refractivity (Wildman–Crippen MR) is 102 cm³/mol. The van der Waals surface area contributed by atoms with Gasteiger partial charge in [-0.1, -0.05) is 46.5 Å². The van der Waals surface area contributed by atoms with Gasteiger partial charge in [0.25, 0.3) is 5.91 Å². The fourth-order valence-corrected chi connectivity index (χ4v) is 3.81. The molecule has 0 saturated carbocycles. The highest BCUT2D eigenvalue weighted by atomic mass is 16.5. The van der Waals surface area contributed by atoms with Gasteiger partial charge in [-0.15, -0.1) is 0 Å². The van der Waals surface area contributed by atoms with Gasteiger partial charge in [0.05, 0.1) is 5.92 Å². The lowest BCUT2D eigenvalue weighted by atomic mass is 9.77. The van der Waals surface area contributed by atoms with Gasteiger partial charge in [-0.2, -0.15) is 0 Å². The SMILES string of the molecule is CCCCCCC(C)(C)c1cc(O)c2c(c1)OC(C)(C)CC2C(=O)NO. The van der Waals surface area contributed by atoms with Gasteiger partial charge in [-0.3, -0.25) is 10.0 Å². The maximum absolute atomic E-state index is 12.1. The Morgan fingerprint density at radius 2 is 2.00 bits per heavy atom. The van der Waals surface area contributed by atoms with Crippen molar-refractivity contribution in [2.75, 3.05) is 0 Å². The van der Waals surface area contributed by atoms with Crippen molar-refractivity contribution in [1.82, 2.24) is 5.48 Å². The summed E-state index contributed by atoms with van der Waals surface area (Å²) in [7, 11) is 0. The molecule has 1 unspecified atom stereocenters. The number of nitrogens with one attached hydrogen (secondary N) is 1. The summed E-state index contributed by atoms with van der Waals surface area (Å²) < 4.78 is 6.08. The van der Waals surface area contributed by atoms with Crippen LogP contribution in [-0.2, 0) is 10.2 Å². The first-order valence-electron chi connectivity index (χ1n) is 9.61. The van der Waals surface area contributed by atoms with E-state index in [1.54, 1.807) is 11.5 Å². The second-order valence-corrected chi connectivity index (χ2v) is 8.70. The van der Waals surface area contributed by atoms with E-state index in [-0.39, 0.29) is 11.2 Å². The Bertz CT molecular complexity index is 652. The summed E-state index contributed by atoms with van der Waals surface area (Å²) in [5.41, 5.74) is 2.53. The number of aromatic hydroxyl groups is 1. The van der Waals surface area contributed by atoms with Crippen molar-refractivity contribution in [2.24, 2.45) is 0 Å². The molecule has 0 bridgehead atoms. The average molecular weight is 363 g/mol. The minimum absolute atomic E-state index is 0.0585. The van der Waals surface area contributed by atoms with Crippen molar-refractivity contribution >= 4 is 5.91 Å². The monoisotopic (exact) mass is 363 g/mol. The van der Waals surface area contributed by atoms with E-state index < -0.39 is 17.4 Å². The molecular weight excluding hydrogens is 330 g/mol. The second-order valence-electron chi connectivity index (χ2n) is 8.70. The van der Waals surface area contributed by atoms with Crippen LogP contribution in [0.1, 0.15) is 90.2 Å². The summed E-state index contributed by atoms with van der Waals surface area (Å²) in [5, 5.41) is 19.7. The summed E-state index contributed by atoms with van der Waals surface area (Å²) in [6.07, 6.45) is 6.20. The van der Waals surface area contributed by atoms with E-state index in [4.69, 9.17) is 9.94 Å². The predicted octanol–water partition coefficient (Wildman–Crippen LogP) is 4.79. The largest absolute Gasteiger partial charge is 0.507 e. The molecule has 1 heterocycles. The van der Waals surface area contributed by atoms with Crippen LogP contribution in [0.2, 0.25) is 0 Å². The zero-order chi connectivity index (χ0) is 19.5. The number of amides is 1. The number of hydrogen-bond donors (Lipinski definition) is 3. The first kappa shape index (κ1) is 20.6. The van der Waals surface area contributed by atoms with E-state index >= 15 is 0 Å². The minimum atomic E-state index is -0.638. The lowest BCUT2D eigenvalue weighted by Gasteiger charge is -2.38. The van der Waals surface area contributed by atoms with Gasteiger partial charge in [0, 0.05) is 12.0 Å². The van der Waals surface area contributed by atoms with E-state index in [0.717, 1.165) is 18.4 Å². The Kier molecular flexibility index (Phi) is 6.22. The Morgan fingerprint density at radius 3 is 2.62 bits per heavy atom. The summed E-state index contributed by atoms with van der Waals surface area (Å²) in [5.74, 6) is -0.570. The van der Waals surface area contributed by atoms with E-state index in [0.29, 0.717) is 17.7 Å². The third-order valence-electron chi connectivity index (χ3n) is 5.41. The highest BCUT2D eigenvalue weighted by Crippen LogP contribution is 2.47. The number of phenols is 1. The van der Waals surface area contributed by atoms with Gasteiger partial charge in [0.1, 0.15) is 17.1 Å². The van der Waals surface area contributed by atoms with Crippen LogP contribution in [0.3, 0.4) is 0 Å². The zero-order valence-electron chi connectivity index (χ0n) is 16.7. The molecule has 0 radical (unpaired) electrons. The molecule has 2 rings (SSSR count). The number of carbonyl (C=O) groups excluding carboxylic acids is 1. The smallest absolute Gasteiger partial charge is 0.251 e. The van der Waals surface area contributed by atoms with Crippen LogP contribution in [0, 0.1) is 0 Å². The fraction of sp³-hybridized carbons (Fsp3) is 0.667. The fourth-order valence-electron chi connectivity index (χ4n) is 3.81. The molecule has 3 N–H and O–H groups in total. The molecule has 146 valence electrons. The van der Waals surface area contributed by atoms with Gasteiger partial charge in [-0.25, -0.2) is 5.48 Å². The number of carbonyl (C=O) groups is 1. The van der Waals surface area contributed by atoms with Gasteiger partial charge in [0.2, 0.25) is 0 Å². The molecule has 0 fully saturated rings. The molecule has 0 aromatic heterocycles. The van der Waals surface area contributed by atoms with Crippen LogP contribution in [0.25, 0.3) is 0 Å². The molecule has 1 aromatic carbocycles. The minimum Gasteiger partial charge on any atom is -0.507 e. The van der Waals surface area contributed by atoms with Crippen LogP contribution in [-0.4, -0.2) is 21.8 Å². The molecule has 0 aliphatic carbocycles. The van der Waals surface area contributed by atoms with Gasteiger partial charge >= 0.3 is 0 Å². The number of benzene rings is 1. The highest BCUT2D eigenvalue weighted by molar-refractivity contribution is 5.85. The molecular formula is C21H33NO4. The second kappa shape index (κ2) is 7.87. The molecule has 1 aromatic rings. The molecule has 1 aliphatic heterocycles. The normalized spacial score (nSPS) is 18.8. The molecule has 26 heavy (non-hydrogen) atoms. The lowest BCUT2D eigenvalue weighted by Crippen LogP contribution is -2.40. The molecule has 0 spiro atoms. The van der Waals surface area contributed by atoms with Crippen molar-refractivity contribution in [3.05, 3.63) is 23.3 Å². The van der Waals surface area contributed by atoms with Crippen LogP contribution < -0.4 is 10.2 Å². The number of fused-ring (bicyclic) bond motifs is 1. The lowest BCUT2D eigenvalue weighted by molar-refractivity contribution is -0.132. The molecule has 0 saturated heterocycles. The first-order valence-corrected chi connectivity index (χ1v) is 9.61. The molecule has 1 amide bonds. The van der Waals surface area contributed by atoms with Crippen molar-refractivity contribution < 1.29 is 19.8 Å². The Morgan fingerprint density at radius 1 is 1.31 bits per heavy atom. The highest BCUT2D eigenvalue weighted by Gasteiger charge is 2.40. The number of rotatable bonds is 7. The van der Waals surface area contributed by atoms with Gasteiger partial charge in [0.15, 0.2) is 0 Å². The van der Waals surface area contributed by atoms with Crippen LogP contribution in [0.4, 0.5) is 0 Å². The Hall–Kier alpha value is -1.75. The standard InChI is InChI=1S/C21H33NO4/c1-6-7-8-9-10-20(2,3)14-11-16(23)18-15(19(24)22-25)13-21(4,5)26-17(18)12-14/h11-12,15,23,25H,6-10,13H2,1-5H3,(H,22,24). The van der Waals surface area contributed by atoms with Crippen molar-refractivity contribution in [1.29, 1.82) is 0 Å². The summed E-state index contributed by atoms with van der Waals surface area (Å²) >= 11 is 0. The summed E-state index contributed by atoms with van der Waals surface area (Å²) in [6.45, 7) is 10.4. The zero-order valence-corrected chi connectivity index (χ0v) is 16.7. The topological polar surface area (TPSA) is 78.8 Å². The maximum atomic E-state index is 12.1.